The van der Waals surface area contributed by atoms with E-state index in [0.717, 1.165) is 82.5 Å². The number of imidazole rings is 2. The van der Waals surface area contributed by atoms with E-state index in [1.54, 1.807) is 17.4 Å². The van der Waals surface area contributed by atoms with Crippen molar-refractivity contribution in [2.24, 2.45) is 17.8 Å². The van der Waals surface area contributed by atoms with E-state index in [9.17, 15) is 19.2 Å². The monoisotopic (exact) mass is 804 g/mol. The highest BCUT2D eigenvalue weighted by Gasteiger charge is 2.56. The molecule has 0 spiro atoms. The van der Waals surface area contributed by atoms with Gasteiger partial charge in [-0.3, -0.25) is 9.59 Å². The fourth-order valence-electron chi connectivity index (χ4n) is 9.37. The maximum absolute atomic E-state index is 14.0. The Labute approximate surface area is 342 Å². The Morgan fingerprint density at radius 1 is 0.814 bits per heavy atom. The second kappa shape index (κ2) is 15.9. The lowest BCUT2D eigenvalue weighted by atomic mass is 9.93. The molecule has 2 saturated heterocycles. The van der Waals surface area contributed by atoms with Gasteiger partial charge in [0.2, 0.25) is 11.8 Å². The van der Waals surface area contributed by atoms with Crippen LogP contribution in [0.25, 0.3) is 44.6 Å². The van der Waals surface area contributed by atoms with E-state index in [0.29, 0.717) is 24.8 Å². The fraction of sp³-hybridized carbons (Fsp3) is 0.455. The lowest BCUT2D eigenvalue weighted by Crippen LogP contribution is -2.56. The fourth-order valence-corrected chi connectivity index (χ4v) is 9.37. The van der Waals surface area contributed by atoms with Crippen LogP contribution < -0.4 is 10.6 Å². The van der Waals surface area contributed by atoms with E-state index in [2.05, 4.69) is 38.8 Å². The second-order valence-electron chi connectivity index (χ2n) is 16.7. The maximum Gasteiger partial charge on any atom is 0.407 e. The number of fused-ring (bicyclic) bond motifs is 3. The van der Waals surface area contributed by atoms with Crippen molar-refractivity contribution in [3.8, 4) is 33.6 Å². The van der Waals surface area contributed by atoms with E-state index in [1.807, 2.05) is 63.1 Å². The van der Waals surface area contributed by atoms with Crippen LogP contribution in [0.15, 0.2) is 65.5 Å². The third-order valence-electron chi connectivity index (χ3n) is 12.5. The molecule has 310 valence electrons. The van der Waals surface area contributed by atoms with Gasteiger partial charge >= 0.3 is 12.2 Å². The molecule has 5 aromatic rings. The highest BCUT2D eigenvalue weighted by Crippen LogP contribution is 2.53. The van der Waals surface area contributed by atoms with Gasteiger partial charge in [0.15, 0.2) is 0 Å². The Morgan fingerprint density at radius 2 is 1.47 bits per heavy atom. The highest BCUT2D eigenvalue weighted by atomic mass is 16.5. The molecule has 59 heavy (non-hydrogen) atoms. The Hall–Kier alpha value is -6.12. The van der Waals surface area contributed by atoms with Crippen molar-refractivity contribution in [1.29, 1.82) is 0 Å². The number of nitrogens with zero attached hydrogens (tertiary/aromatic N) is 4. The van der Waals surface area contributed by atoms with Crippen molar-refractivity contribution >= 4 is 35.0 Å². The molecule has 0 radical (unpaired) electrons. The Morgan fingerprint density at radius 3 is 2.15 bits per heavy atom. The van der Waals surface area contributed by atoms with Gasteiger partial charge in [-0.25, -0.2) is 19.6 Å². The number of benzene rings is 2. The summed E-state index contributed by atoms with van der Waals surface area (Å²) in [6.07, 6.45) is 8.27. The number of alkyl carbamates (subject to hydrolysis) is 2. The smallest absolute Gasteiger partial charge is 0.407 e. The summed E-state index contributed by atoms with van der Waals surface area (Å²) in [5.74, 6) is 1.31. The normalized spacial score (nSPS) is 21.0. The van der Waals surface area contributed by atoms with Crippen molar-refractivity contribution in [3.63, 3.8) is 0 Å². The first-order valence-electron chi connectivity index (χ1n) is 20.4. The number of likely N-dealkylation sites (tertiary alicyclic amines) is 2. The van der Waals surface area contributed by atoms with Crippen LogP contribution >= 0.6 is 0 Å². The number of amides is 4. The molecule has 2 aliphatic heterocycles. The predicted molar refractivity (Wildman–Crippen MR) is 220 cm³/mol. The summed E-state index contributed by atoms with van der Waals surface area (Å²) in [7, 11) is 2.59. The summed E-state index contributed by atoms with van der Waals surface area (Å²) >= 11 is 0. The molecule has 1 aliphatic carbocycles. The number of carbonyl (C=O) groups excluding carboxylic acids is 4. The number of H-pyrrole nitrogens is 2. The van der Waals surface area contributed by atoms with Crippen LogP contribution in [0.4, 0.5) is 9.59 Å². The lowest BCUT2D eigenvalue weighted by Gasteiger charge is -2.40. The number of furan rings is 1. The van der Waals surface area contributed by atoms with Crippen LogP contribution in [-0.2, 0) is 24.6 Å². The molecule has 3 aliphatic rings. The summed E-state index contributed by atoms with van der Waals surface area (Å²) in [5, 5.41) is 6.40. The Balaban J connectivity index is 1.01. The molecular weight excluding hydrogens is 753 g/mol. The molecule has 2 bridgehead atoms. The van der Waals surface area contributed by atoms with E-state index < -0.39 is 29.8 Å². The quantitative estimate of drug-likeness (QED) is 0.108. The molecule has 4 N–H and O–H groups in total. The van der Waals surface area contributed by atoms with E-state index >= 15 is 0 Å². The number of nitrogens with one attached hydrogen (secondary N) is 4. The van der Waals surface area contributed by atoms with Gasteiger partial charge in [-0.1, -0.05) is 58.0 Å². The Kier molecular flexibility index (Phi) is 10.7. The van der Waals surface area contributed by atoms with Gasteiger partial charge in [0.1, 0.15) is 34.9 Å². The molecule has 2 aromatic carbocycles. The summed E-state index contributed by atoms with van der Waals surface area (Å²) in [5.41, 5.74) is 5.61. The van der Waals surface area contributed by atoms with E-state index in [4.69, 9.17) is 23.9 Å². The summed E-state index contributed by atoms with van der Waals surface area (Å²) in [6.45, 7) is 8.84. The predicted octanol–water partition coefficient (Wildman–Crippen LogP) is 7.14. The molecule has 8 rings (SSSR count). The van der Waals surface area contributed by atoms with E-state index in [1.165, 1.54) is 14.2 Å². The zero-order valence-electron chi connectivity index (χ0n) is 34.3. The third kappa shape index (κ3) is 7.20. The van der Waals surface area contributed by atoms with Crippen molar-refractivity contribution in [3.05, 3.63) is 72.8 Å². The van der Waals surface area contributed by atoms with Gasteiger partial charge in [-0.05, 0) is 78.7 Å². The van der Waals surface area contributed by atoms with Gasteiger partial charge in [-0.2, -0.15) is 0 Å². The van der Waals surface area contributed by atoms with E-state index in [-0.39, 0.29) is 29.7 Å². The van der Waals surface area contributed by atoms with Crippen LogP contribution in [-0.4, -0.2) is 93.1 Å². The number of ether oxygens (including phenoxy) is 2. The minimum atomic E-state index is -0.712. The number of hydrogen-bond acceptors (Lipinski definition) is 9. The molecule has 3 fully saturated rings. The van der Waals surface area contributed by atoms with Gasteiger partial charge < -0.3 is 44.3 Å². The van der Waals surface area contributed by atoms with Crippen LogP contribution in [0.2, 0.25) is 0 Å². The van der Waals surface area contributed by atoms with Gasteiger partial charge in [-0.15, -0.1) is 0 Å². The molecule has 15 nitrogen and oxygen atoms in total. The lowest BCUT2D eigenvalue weighted by molar-refractivity contribution is -0.140. The molecule has 5 atom stereocenters. The van der Waals surface area contributed by atoms with Crippen molar-refractivity contribution in [2.75, 3.05) is 27.3 Å². The first-order valence-corrected chi connectivity index (χ1v) is 20.4. The minimum absolute atomic E-state index is 0.115. The van der Waals surface area contributed by atoms with Crippen LogP contribution in [0, 0.1) is 17.8 Å². The van der Waals surface area contributed by atoms with Gasteiger partial charge in [0.05, 0.1) is 50.3 Å². The molecule has 3 unspecified atom stereocenters. The molecule has 5 heterocycles. The first-order chi connectivity index (χ1) is 28.4. The number of hydrogen-bond donors (Lipinski definition) is 4. The number of methoxy groups -OCH3 is 2. The number of aromatic nitrogens is 4. The van der Waals surface area contributed by atoms with Gasteiger partial charge in [0, 0.05) is 24.0 Å². The van der Waals surface area contributed by atoms with Crippen LogP contribution in [0.5, 0.6) is 0 Å². The topological polar surface area (TPSA) is 188 Å². The standard InChI is InChI=1S/C44H52N8O7/c1-24(2)35(49-42(55)57-5)39(53)51-18-7-8-34(51)38-45-21-32(47-38)28-11-9-27(10-12-28)29-13-14-31(37-30(29)16-19-59-37)33-22-46-41(48-33)44-17-15-26(20-44)23-52(44)40(54)36(25(3)4)50-43(56)58-6/h9-14,16,19,21-22,24-26,34-36H,7-8,15,17-18,20,23H2,1-6H3,(H,45,47)(H,46,48)(H,49,55)(H,50,56)/t26?,34-,35?,36-,44?/m0/s1. The SMILES string of the molecule is COC(=O)NC(C(=O)N1CCC[C@H]1c1ncc(-c2ccc(-c3ccc(-c4cnc(C56CCC(CN5C(=O)[C@@H](NC(=O)OC)C(C)C)C6)[nH]4)c4occc34)cc2)[nH]1)C(C)C. The summed E-state index contributed by atoms with van der Waals surface area (Å²) in [4.78, 5) is 72.1. The zero-order valence-corrected chi connectivity index (χ0v) is 34.3. The van der Waals surface area contributed by atoms with Crippen LogP contribution in [0.3, 0.4) is 0 Å². The summed E-state index contributed by atoms with van der Waals surface area (Å²) in [6, 6.07) is 12.7. The molecule has 4 amide bonds. The molecule has 15 heteroatoms. The Bertz CT molecular complexity index is 2360. The largest absolute Gasteiger partial charge is 0.464 e. The first kappa shape index (κ1) is 39.7. The number of carbonyl (C=O) groups is 4. The number of aromatic amines is 2. The third-order valence-corrected chi connectivity index (χ3v) is 12.5. The van der Waals surface area contributed by atoms with Crippen molar-refractivity contribution in [2.45, 2.75) is 83.5 Å². The second-order valence-corrected chi connectivity index (χ2v) is 16.7. The number of rotatable bonds is 11. The molecule has 3 aromatic heterocycles. The van der Waals surface area contributed by atoms with Gasteiger partial charge in [0.25, 0.3) is 0 Å². The minimum Gasteiger partial charge on any atom is -0.464 e. The number of piperidine rings is 1. The average molecular weight is 805 g/mol. The summed E-state index contributed by atoms with van der Waals surface area (Å²) < 4.78 is 15.7. The van der Waals surface area contributed by atoms with Crippen molar-refractivity contribution in [1.82, 2.24) is 40.4 Å². The van der Waals surface area contributed by atoms with Crippen LogP contribution in [0.1, 0.15) is 77.5 Å². The molecule has 1 saturated carbocycles. The van der Waals surface area contributed by atoms with Crippen molar-refractivity contribution < 1.29 is 33.1 Å². The molecular formula is C44H52N8O7. The maximum atomic E-state index is 14.0. The zero-order chi connectivity index (χ0) is 41.6. The highest BCUT2D eigenvalue weighted by molar-refractivity contribution is 6.01. The average Bonchev–Trinajstić information content (AvgIpc) is 4.10.